The third-order valence-corrected chi connectivity index (χ3v) is 9.50. The number of hydrogen-bond donors (Lipinski definition) is 0. The SMILES string of the molecule is C=C/C=C\C(C=C)=C\C(=C)c1c2ccccc2c(-c2ccc3oc4c(ccc5ccc6oc7ccccc7c6c54)c3c2)c2ccccc12. The van der Waals surface area contributed by atoms with Crippen molar-refractivity contribution in [3.8, 4) is 11.1 Å². The standard InChI is InChI=1S/C46H30O2/c1-4-6-13-29(5-2)26-28(3)42-32-14-7-9-16-34(32)43(35-17-10-8-15-33(35)42)31-22-24-40-38(27-31)36-23-20-30-21-25-41-45(44(30)46(36)48-40)37-18-11-12-19-39(37)47-41/h4-27H,1-3H2/b13-6-,29-26+. The van der Waals surface area contributed by atoms with E-state index in [1.54, 1.807) is 6.08 Å². The molecule has 9 rings (SSSR count). The van der Waals surface area contributed by atoms with Gasteiger partial charge in [-0.3, -0.25) is 0 Å². The lowest BCUT2D eigenvalue weighted by molar-refractivity contribution is 0.668. The van der Waals surface area contributed by atoms with Crippen molar-refractivity contribution in [2.75, 3.05) is 0 Å². The Kier molecular flexibility index (Phi) is 6.31. The van der Waals surface area contributed by atoms with Gasteiger partial charge in [-0.1, -0.05) is 129 Å². The summed E-state index contributed by atoms with van der Waals surface area (Å²) in [5, 5.41) is 11.2. The first-order valence-electron chi connectivity index (χ1n) is 16.1. The predicted molar refractivity (Wildman–Crippen MR) is 206 cm³/mol. The molecule has 0 aliphatic carbocycles. The summed E-state index contributed by atoms with van der Waals surface area (Å²) in [5.41, 5.74) is 8.84. The van der Waals surface area contributed by atoms with Crippen molar-refractivity contribution in [2.45, 2.75) is 0 Å². The summed E-state index contributed by atoms with van der Waals surface area (Å²) in [7, 11) is 0. The largest absolute Gasteiger partial charge is 0.456 e. The van der Waals surface area contributed by atoms with Gasteiger partial charge in [0.1, 0.15) is 22.3 Å². The van der Waals surface area contributed by atoms with Gasteiger partial charge < -0.3 is 8.83 Å². The molecule has 0 fully saturated rings. The van der Waals surface area contributed by atoms with E-state index in [-0.39, 0.29) is 0 Å². The van der Waals surface area contributed by atoms with Gasteiger partial charge in [0.25, 0.3) is 0 Å². The van der Waals surface area contributed by atoms with Gasteiger partial charge in [0, 0.05) is 26.9 Å². The first kappa shape index (κ1) is 27.9. The van der Waals surface area contributed by atoms with Crippen LogP contribution in [0.2, 0.25) is 0 Å². The van der Waals surface area contributed by atoms with E-state index in [9.17, 15) is 0 Å². The maximum Gasteiger partial charge on any atom is 0.144 e. The van der Waals surface area contributed by atoms with Crippen LogP contribution in [0.4, 0.5) is 0 Å². The Bertz CT molecular complexity index is 2830. The highest BCUT2D eigenvalue weighted by molar-refractivity contribution is 6.28. The Balaban J connectivity index is 1.32. The lowest BCUT2D eigenvalue weighted by Gasteiger charge is -2.18. The molecule has 2 heteroatoms. The molecule has 0 saturated carbocycles. The second kappa shape index (κ2) is 10.9. The van der Waals surface area contributed by atoms with Gasteiger partial charge in [-0.2, -0.15) is 0 Å². The fourth-order valence-corrected chi connectivity index (χ4v) is 7.43. The summed E-state index contributed by atoms with van der Waals surface area (Å²) < 4.78 is 13.0. The summed E-state index contributed by atoms with van der Waals surface area (Å²) in [6, 6.07) is 40.7. The first-order chi connectivity index (χ1) is 23.6. The van der Waals surface area contributed by atoms with Gasteiger partial charge in [0.15, 0.2) is 0 Å². The second-order valence-corrected chi connectivity index (χ2v) is 12.2. The Morgan fingerprint density at radius 1 is 0.562 bits per heavy atom. The minimum Gasteiger partial charge on any atom is -0.456 e. The van der Waals surface area contributed by atoms with Crippen LogP contribution in [-0.4, -0.2) is 0 Å². The Morgan fingerprint density at radius 2 is 1.21 bits per heavy atom. The third kappa shape index (κ3) is 4.13. The van der Waals surface area contributed by atoms with Crippen molar-refractivity contribution >= 4 is 81.8 Å². The number of allylic oxidation sites excluding steroid dienone is 7. The molecule has 0 spiro atoms. The molecule has 0 aliphatic heterocycles. The molecule has 7 aromatic carbocycles. The summed E-state index contributed by atoms with van der Waals surface area (Å²) in [4.78, 5) is 0. The zero-order chi connectivity index (χ0) is 32.4. The van der Waals surface area contributed by atoms with Gasteiger partial charge in [0.2, 0.25) is 0 Å². The van der Waals surface area contributed by atoms with E-state index >= 15 is 0 Å². The fourth-order valence-electron chi connectivity index (χ4n) is 7.43. The highest BCUT2D eigenvalue weighted by atomic mass is 16.3. The smallest absolute Gasteiger partial charge is 0.144 e. The molecular formula is C46H30O2. The maximum absolute atomic E-state index is 6.70. The Labute approximate surface area is 277 Å². The monoisotopic (exact) mass is 614 g/mol. The normalized spacial score (nSPS) is 12.5. The average molecular weight is 615 g/mol. The number of rotatable bonds is 6. The Morgan fingerprint density at radius 3 is 1.94 bits per heavy atom. The number of fused-ring (bicyclic) bond motifs is 11. The van der Waals surface area contributed by atoms with E-state index in [1.165, 1.54) is 16.3 Å². The molecule has 0 N–H and O–H groups in total. The zero-order valence-corrected chi connectivity index (χ0v) is 26.3. The van der Waals surface area contributed by atoms with Crippen LogP contribution in [0.1, 0.15) is 5.56 Å². The lowest BCUT2D eigenvalue weighted by atomic mass is 9.85. The number of para-hydroxylation sites is 1. The van der Waals surface area contributed by atoms with E-state index in [1.807, 2.05) is 30.4 Å². The van der Waals surface area contributed by atoms with Crippen LogP contribution in [0.5, 0.6) is 0 Å². The van der Waals surface area contributed by atoms with Crippen molar-refractivity contribution in [3.63, 3.8) is 0 Å². The van der Waals surface area contributed by atoms with Gasteiger partial charge in [-0.15, -0.1) is 0 Å². The number of furan rings is 2. The van der Waals surface area contributed by atoms with Gasteiger partial charge in [0.05, 0.1) is 0 Å². The van der Waals surface area contributed by atoms with Crippen LogP contribution in [0.3, 0.4) is 0 Å². The van der Waals surface area contributed by atoms with E-state index in [4.69, 9.17) is 8.83 Å². The van der Waals surface area contributed by atoms with Crippen molar-refractivity contribution < 1.29 is 8.83 Å². The lowest BCUT2D eigenvalue weighted by Crippen LogP contribution is -1.92. The molecule has 0 unspecified atom stereocenters. The van der Waals surface area contributed by atoms with Crippen LogP contribution < -0.4 is 0 Å². The summed E-state index contributed by atoms with van der Waals surface area (Å²) >= 11 is 0. The maximum atomic E-state index is 6.70. The van der Waals surface area contributed by atoms with Gasteiger partial charge in [-0.25, -0.2) is 0 Å². The summed E-state index contributed by atoms with van der Waals surface area (Å²) in [6.45, 7) is 12.4. The van der Waals surface area contributed by atoms with Gasteiger partial charge in [-0.05, 0) is 91.2 Å². The van der Waals surface area contributed by atoms with Gasteiger partial charge >= 0.3 is 0 Å². The molecule has 9 aromatic rings. The molecule has 2 aromatic heterocycles. The van der Waals surface area contributed by atoms with Crippen molar-refractivity contribution in [2.24, 2.45) is 0 Å². The molecule has 0 bridgehead atoms. The molecule has 0 saturated heterocycles. The molecule has 0 aliphatic rings. The van der Waals surface area contributed by atoms with Crippen molar-refractivity contribution in [3.05, 3.63) is 177 Å². The highest BCUT2D eigenvalue weighted by Gasteiger charge is 2.20. The Hall–Kier alpha value is -6.38. The van der Waals surface area contributed by atoms with E-state index in [0.717, 1.165) is 87.7 Å². The molecule has 0 atom stereocenters. The first-order valence-corrected chi connectivity index (χ1v) is 16.1. The van der Waals surface area contributed by atoms with Crippen molar-refractivity contribution in [1.82, 2.24) is 0 Å². The average Bonchev–Trinajstić information content (AvgIpc) is 3.70. The zero-order valence-electron chi connectivity index (χ0n) is 26.3. The summed E-state index contributed by atoms with van der Waals surface area (Å²) in [5.74, 6) is 0. The van der Waals surface area contributed by atoms with Crippen LogP contribution >= 0.6 is 0 Å². The molecular weight excluding hydrogens is 585 g/mol. The van der Waals surface area contributed by atoms with Crippen LogP contribution in [0.15, 0.2) is 180 Å². The topological polar surface area (TPSA) is 26.3 Å². The van der Waals surface area contributed by atoms with Crippen LogP contribution in [-0.2, 0) is 0 Å². The molecule has 226 valence electrons. The van der Waals surface area contributed by atoms with Crippen LogP contribution in [0, 0.1) is 0 Å². The fraction of sp³-hybridized carbons (Fsp3) is 0. The van der Waals surface area contributed by atoms with E-state index in [0.29, 0.717) is 0 Å². The molecule has 2 nitrogen and oxygen atoms in total. The molecule has 0 radical (unpaired) electrons. The predicted octanol–water partition coefficient (Wildman–Crippen LogP) is 13.5. The minimum absolute atomic E-state index is 0.860. The van der Waals surface area contributed by atoms with Crippen molar-refractivity contribution in [1.29, 1.82) is 0 Å². The quantitative estimate of drug-likeness (QED) is 0.138. The third-order valence-electron chi connectivity index (χ3n) is 9.50. The minimum atomic E-state index is 0.860. The second-order valence-electron chi connectivity index (χ2n) is 12.2. The number of hydrogen-bond acceptors (Lipinski definition) is 2. The molecule has 48 heavy (non-hydrogen) atoms. The molecule has 0 amide bonds. The molecule has 2 heterocycles. The highest BCUT2D eigenvalue weighted by Crippen LogP contribution is 2.45. The van der Waals surface area contributed by atoms with E-state index < -0.39 is 0 Å². The number of benzene rings is 7. The van der Waals surface area contributed by atoms with Crippen LogP contribution in [0.25, 0.3) is 92.9 Å². The van der Waals surface area contributed by atoms with E-state index in [2.05, 4.69) is 129 Å². The summed E-state index contributed by atoms with van der Waals surface area (Å²) in [6.07, 6.45) is 9.62.